The predicted octanol–water partition coefficient (Wildman–Crippen LogP) is -5.40. The molecule has 0 rings (SSSR count). The second-order valence-corrected chi connectivity index (χ2v) is 7.14. The Morgan fingerprint density at radius 1 is 0.950 bits per heavy atom. The molecule has 0 heterocycles. The second-order valence-electron chi connectivity index (χ2n) is 7.14. The van der Waals surface area contributed by atoms with Gasteiger partial charge in [-0.1, -0.05) is 41.5 Å². The Labute approximate surface area is 166 Å². The van der Waals surface area contributed by atoms with Crippen LogP contribution in [0.3, 0.4) is 0 Å². The van der Waals surface area contributed by atoms with Gasteiger partial charge in [0, 0.05) is 23.8 Å². The van der Waals surface area contributed by atoms with E-state index < -0.39 is 23.8 Å². The summed E-state index contributed by atoms with van der Waals surface area (Å²) in [5.41, 5.74) is -0.197. The zero-order valence-corrected chi connectivity index (χ0v) is 18.2. The largest absolute Gasteiger partial charge is 1.00 e. The molecule has 0 aliphatic heterocycles. The number of carbonyl (C=O) groups excluding carboxylic acids is 2. The summed E-state index contributed by atoms with van der Waals surface area (Å²) in [5, 5.41) is 21.9. The van der Waals surface area contributed by atoms with E-state index in [2.05, 4.69) is 20.8 Å². The molecule has 0 saturated carbocycles. The van der Waals surface area contributed by atoms with Crippen molar-refractivity contribution < 1.29 is 78.9 Å². The van der Waals surface area contributed by atoms with Gasteiger partial charge in [-0.25, -0.2) is 0 Å². The first-order valence-electron chi connectivity index (χ1n) is 6.27. The van der Waals surface area contributed by atoms with Crippen molar-refractivity contribution in [2.45, 2.75) is 54.4 Å². The maximum atomic E-state index is 11.1. The number of carbonyl (C=O) groups is 2. The molecule has 0 spiro atoms. The third-order valence-corrected chi connectivity index (χ3v) is 3.06. The van der Waals surface area contributed by atoms with E-state index in [9.17, 15) is 19.8 Å². The number of aliphatic carboxylic acids is 2. The molecular formula is C14H24Na2O4. The van der Waals surface area contributed by atoms with Crippen LogP contribution in [0.1, 0.15) is 54.4 Å². The van der Waals surface area contributed by atoms with Crippen LogP contribution in [-0.4, -0.2) is 11.9 Å². The number of carboxylic acid groups (broad SMARTS) is 2. The zero-order chi connectivity index (χ0) is 14.7. The summed E-state index contributed by atoms with van der Waals surface area (Å²) < 4.78 is 0. The summed E-state index contributed by atoms with van der Waals surface area (Å²) in [6, 6.07) is 0. The minimum Gasteiger partial charge on any atom is -0.550 e. The van der Waals surface area contributed by atoms with E-state index in [0.29, 0.717) is 0 Å². The minimum absolute atomic E-state index is 0. The normalized spacial score (nSPS) is 14.5. The van der Waals surface area contributed by atoms with Gasteiger partial charge in [0.15, 0.2) is 0 Å². The molecule has 0 aromatic rings. The fourth-order valence-corrected chi connectivity index (χ4v) is 2.73. The summed E-state index contributed by atoms with van der Waals surface area (Å²) in [4.78, 5) is 21.9. The van der Waals surface area contributed by atoms with E-state index in [4.69, 9.17) is 0 Å². The fourth-order valence-electron chi connectivity index (χ4n) is 2.73. The van der Waals surface area contributed by atoms with Gasteiger partial charge < -0.3 is 19.8 Å². The van der Waals surface area contributed by atoms with Crippen molar-refractivity contribution in [2.75, 3.05) is 0 Å². The molecule has 4 nitrogen and oxygen atoms in total. The van der Waals surface area contributed by atoms with Crippen LogP contribution in [0.15, 0.2) is 0 Å². The monoisotopic (exact) mass is 302 g/mol. The van der Waals surface area contributed by atoms with Crippen LogP contribution in [0.25, 0.3) is 0 Å². The number of carboxylic acids is 2. The van der Waals surface area contributed by atoms with Crippen molar-refractivity contribution in [1.29, 1.82) is 0 Å². The Bertz CT molecular complexity index is 322. The Kier molecular flexibility index (Phi) is 12.7. The first kappa shape index (κ1) is 25.9. The van der Waals surface area contributed by atoms with Crippen molar-refractivity contribution in [1.82, 2.24) is 0 Å². The second kappa shape index (κ2) is 9.86. The molecule has 0 aliphatic rings. The van der Waals surface area contributed by atoms with Gasteiger partial charge in [-0.15, -0.1) is 0 Å². The number of hydrogen-bond acceptors (Lipinski definition) is 4. The quantitative estimate of drug-likeness (QED) is 0.459. The molecule has 0 bridgehead atoms. The number of hydrogen-bond donors (Lipinski definition) is 0. The molecule has 0 saturated heterocycles. The number of rotatable bonds is 6. The van der Waals surface area contributed by atoms with Crippen LogP contribution < -0.4 is 69.3 Å². The Morgan fingerprint density at radius 2 is 1.35 bits per heavy atom. The van der Waals surface area contributed by atoms with Crippen LogP contribution in [0.2, 0.25) is 0 Å². The molecule has 106 valence electrons. The van der Waals surface area contributed by atoms with Crippen LogP contribution in [0.5, 0.6) is 0 Å². The Morgan fingerprint density at radius 3 is 1.60 bits per heavy atom. The van der Waals surface area contributed by atoms with Gasteiger partial charge in [0.25, 0.3) is 0 Å². The van der Waals surface area contributed by atoms with Gasteiger partial charge in [0.05, 0.1) is 0 Å². The van der Waals surface area contributed by atoms with E-state index in [1.165, 1.54) is 6.92 Å². The van der Waals surface area contributed by atoms with Gasteiger partial charge in [0.2, 0.25) is 0 Å². The summed E-state index contributed by atoms with van der Waals surface area (Å²) in [5.74, 6) is -4.69. The summed E-state index contributed by atoms with van der Waals surface area (Å²) in [7, 11) is 0. The molecule has 0 amide bonds. The van der Waals surface area contributed by atoms with E-state index in [-0.39, 0.29) is 76.4 Å². The van der Waals surface area contributed by atoms with Crippen molar-refractivity contribution in [3.63, 3.8) is 0 Å². The van der Waals surface area contributed by atoms with E-state index >= 15 is 0 Å². The zero-order valence-electron chi connectivity index (χ0n) is 14.2. The van der Waals surface area contributed by atoms with Crippen LogP contribution >= 0.6 is 0 Å². The summed E-state index contributed by atoms with van der Waals surface area (Å²) in [6.07, 6.45) is 1.09. The summed E-state index contributed by atoms with van der Waals surface area (Å²) >= 11 is 0. The van der Waals surface area contributed by atoms with Gasteiger partial charge in [-0.05, 0) is 23.7 Å². The van der Waals surface area contributed by atoms with Crippen LogP contribution in [0.4, 0.5) is 0 Å². The Balaban J connectivity index is -0.00000144. The molecule has 0 aromatic heterocycles. The van der Waals surface area contributed by atoms with E-state index in [0.717, 1.165) is 6.42 Å². The molecule has 0 radical (unpaired) electrons. The maximum Gasteiger partial charge on any atom is 1.00 e. The SMILES string of the molecule is CC(C(=O)[O-])C(CC(C)(C)CC(C)(C)C)C(=O)[O-].[Na+].[Na+]. The average molecular weight is 302 g/mol. The van der Waals surface area contributed by atoms with Crippen LogP contribution in [0, 0.1) is 22.7 Å². The smallest absolute Gasteiger partial charge is 0.550 e. The minimum atomic E-state index is -1.34. The van der Waals surface area contributed by atoms with Gasteiger partial charge in [-0.2, -0.15) is 0 Å². The predicted molar refractivity (Wildman–Crippen MR) is 65.1 cm³/mol. The standard InChI is InChI=1S/C14H26O4.2Na/c1-9(11(15)16)10(12(17)18)7-14(5,6)8-13(2,3)4;;/h9-10H,7-8H2,1-6H3,(H,15,16)(H,17,18);;/q;2*+1/p-2. The molecule has 0 fully saturated rings. The third-order valence-electron chi connectivity index (χ3n) is 3.06. The first-order chi connectivity index (χ1) is 7.86. The average Bonchev–Trinajstić information content (AvgIpc) is 2.08. The van der Waals surface area contributed by atoms with Crippen molar-refractivity contribution >= 4 is 11.9 Å². The molecule has 20 heavy (non-hydrogen) atoms. The van der Waals surface area contributed by atoms with Crippen LogP contribution in [-0.2, 0) is 9.59 Å². The van der Waals surface area contributed by atoms with Gasteiger partial charge in [0.1, 0.15) is 0 Å². The van der Waals surface area contributed by atoms with Crippen molar-refractivity contribution in [2.24, 2.45) is 22.7 Å². The molecule has 6 heteroatoms. The molecule has 2 unspecified atom stereocenters. The molecule has 0 N–H and O–H groups in total. The van der Waals surface area contributed by atoms with E-state index in [1.807, 2.05) is 13.8 Å². The van der Waals surface area contributed by atoms with Gasteiger partial charge >= 0.3 is 59.1 Å². The Hall–Kier alpha value is 0.940. The molecule has 0 aromatic carbocycles. The molecular weight excluding hydrogens is 278 g/mol. The van der Waals surface area contributed by atoms with Gasteiger partial charge in [-0.3, -0.25) is 0 Å². The molecule has 2 atom stereocenters. The molecule has 0 aliphatic carbocycles. The summed E-state index contributed by atoms with van der Waals surface area (Å²) in [6.45, 7) is 11.5. The fraction of sp³-hybridized carbons (Fsp3) is 0.857. The topological polar surface area (TPSA) is 80.3 Å². The van der Waals surface area contributed by atoms with Crippen molar-refractivity contribution in [3.05, 3.63) is 0 Å². The first-order valence-corrected chi connectivity index (χ1v) is 6.27. The van der Waals surface area contributed by atoms with E-state index in [1.54, 1.807) is 0 Å². The van der Waals surface area contributed by atoms with Crippen molar-refractivity contribution in [3.8, 4) is 0 Å². The third kappa shape index (κ3) is 10.6. The maximum absolute atomic E-state index is 11.1.